The van der Waals surface area contributed by atoms with Crippen LogP contribution in [0, 0.1) is 5.82 Å². The Bertz CT molecular complexity index is 560. The molecule has 0 aliphatic rings. The predicted molar refractivity (Wildman–Crippen MR) is 72.0 cm³/mol. The largest absolute Gasteiger partial charge is 0.492 e. The first-order chi connectivity index (χ1) is 9.08. The molecule has 0 radical (unpaired) electrons. The van der Waals surface area contributed by atoms with Crippen LogP contribution in [0.1, 0.15) is 5.56 Å². The second-order valence-corrected chi connectivity index (χ2v) is 4.35. The van der Waals surface area contributed by atoms with E-state index in [-0.39, 0.29) is 28.7 Å². The molecule has 0 fully saturated rings. The zero-order chi connectivity index (χ0) is 13.8. The average Bonchev–Trinajstić information content (AvgIpc) is 2.39. The second-order valence-electron chi connectivity index (χ2n) is 3.95. The van der Waals surface area contributed by atoms with Crippen molar-refractivity contribution in [1.29, 1.82) is 0 Å². The zero-order valence-corrected chi connectivity index (χ0v) is 10.6. The Kier molecular flexibility index (Phi) is 4.42. The lowest BCUT2D eigenvalue weighted by Crippen LogP contribution is -2.31. The van der Waals surface area contributed by atoms with Crippen LogP contribution in [0.25, 0.3) is 0 Å². The van der Waals surface area contributed by atoms with Crippen LogP contribution in [0.15, 0.2) is 42.5 Å². The number of benzene rings is 2. The summed E-state index contributed by atoms with van der Waals surface area (Å²) in [6.07, 6.45) is 0. The molecule has 0 atom stereocenters. The van der Waals surface area contributed by atoms with Gasteiger partial charge in [0, 0.05) is 5.46 Å². The highest BCUT2D eigenvalue weighted by molar-refractivity contribution is 6.60. The highest BCUT2D eigenvalue weighted by Gasteiger charge is 2.19. The number of ether oxygens (including phenoxy) is 1. The van der Waals surface area contributed by atoms with Gasteiger partial charge in [0.1, 0.15) is 18.2 Å². The van der Waals surface area contributed by atoms with Crippen LogP contribution in [-0.4, -0.2) is 17.2 Å². The smallest absolute Gasteiger partial charge is 0.488 e. The van der Waals surface area contributed by atoms with Gasteiger partial charge in [0.2, 0.25) is 0 Å². The molecule has 2 aromatic rings. The first-order valence-electron chi connectivity index (χ1n) is 5.59. The monoisotopic (exact) mass is 280 g/mol. The summed E-state index contributed by atoms with van der Waals surface area (Å²) in [4.78, 5) is 0. The molecule has 0 bridgehead atoms. The van der Waals surface area contributed by atoms with E-state index in [2.05, 4.69) is 0 Å². The van der Waals surface area contributed by atoms with Gasteiger partial charge in [-0.25, -0.2) is 4.39 Å². The molecule has 0 spiro atoms. The Hall–Kier alpha value is -1.56. The van der Waals surface area contributed by atoms with Gasteiger partial charge in [-0.2, -0.15) is 0 Å². The van der Waals surface area contributed by atoms with Crippen molar-refractivity contribution in [2.75, 3.05) is 0 Å². The fourth-order valence-electron chi connectivity index (χ4n) is 1.62. The van der Waals surface area contributed by atoms with Crippen LogP contribution in [0.4, 0.5) is 4.39 Å². The quantitative estimate of drug-likeness (QED) is 0.839. The van der Waals surface area contributed by atoms with Crippen molar-refractivity contribution in [3.05, 3.63) is 58.9 Å². The van der Waals surface area contributed by atoms with E-state index in [9.17, 15) is 14.4 Å². The summed E-state index contributed by atoms with van der Waals surface area (Å²) in [5, 5.41) is 18.7. The SMILES string of the molecule is OB(O)c1cccc(Cl)c1OCc1ccc(F)cc1. The molecule has 0 amide bonds. The highest BCUT2D eigenvalue weighted by Crippen LogP contribution is 2.23. The van der Waals surface area contributed by atoms with Crippen molar-refractivity contribution >= 4 is 24.2 Å². The molecule has 0 aliphatic carbocycles. The van der Waals surface area contributed by atoms with Gasteiger partial charge in [-0.15, -0.1) is 0 Å². The van der Waals surface area contributed by atoms with Crippen molar-refractivity contribution in [1.82, 2.24) is 0 Å². The van der Waals surface area contributed by atoms with E-state index < -0.39 is 7.12 Å². The summed E-state index contributed by atoms with van der Waals surface area (Å²) in [6, 6.07) is 10.5. The fraction of sp³-hybridized carbons (Fsp3) is 0.0769. The maximum Gasteiger partial charge on any atom is 0.492 e. The van der Waals surface area contributed by atoms with Gasteiger partial charge in [0.15, 0.2) is 0 Å². The Balaban J connectivity index is 2.17. The van der Waals surface area contributed by atoms with E-state index >= 15 is 0 Å². The number of halogens is 2. The van der Waals surface area contributed by atoms with E-state index in [4.69, 9.17) is 16.3 Å². The van der Waals surface area contributed by atoms with Crippen molar-refractivity contribution in [3.8, 4) is 5.75 Å². The van der Waals surface area contributed by atoms with Gasteiger partial charge in [-0.3, -0.25) is 0 Å². The molecule has 2 N–H and O–H groups in total. The molecule has 0 saturated heterocycles. The minimum atomic E-state index is -1.66. The molecule has 98 valence electrons. The Labute approximate surface area is 115 Å². The van der Waals surface area contributed by atoms with Crippen LogP contribution < -0.4 is 10.2 Å². The zero-order valence-electron chi connectivity index (χ0n) is 9.88. The number of hydrogen-bond acceptors (Lipinski definition) is 3. The first-order valence-corrected chi connectivity index (χ1v) is 5.97. The molecule has 0 aromatic heterocycles. The summed E-state index contributed by atoms with van der Waals surface area (Å²) in [5.41, 5.74) is 0.939. The van der Waals surface area contributed by atoms with Crippen molar-refractivity contribution in [2.45, 2.75) is 6.61 Å². The summed E-state index contributed by atoms with van der Waals surface area (Å²) < 4.78 is 18.2. The number of rotatable bonds is 4. The average molecular weight is 280 g/mol. The molecule has 19 heavy (non-hydrogen) atoms. The van der Waals surface area contributed by atoms with Gasteiger partial charge in [-0.05, 0) is 23.8 Å². The summed E-state index contributed by atoms with van der Waals surface area (Å²) in [5.74, 6) is -0.114. The third kappa shape index (κ3) is 3.47. The lowest BCUT2D eigenvalue weighted by molar-refractivity contribution is 0.306. The van der Waals surface area contributed by atoms with Crippen molar-refractivity contribution in [2.24, 2.45) is 0 Å². The maximum atomic E-state index is 12.8. The Morgan fingerprint density at radius 1 is 1.11 bits per heavy atom. The van der Waals surface area contributed by atoms with Gasteiger partial charge in [0.05, 0.1) is 5.02 Å². The molecular weight excluding hydrogens is 269 g/mol. The highest BCUT2D eigenvalue weighted by atomic mass is 35.5. The fourth-order valence-corrected chi connectivity index (χ4v) is 1.85. The molecule has 0 aliphatic heterocycles. The Morgan fingerprint density at radius 2 is 1.79 bits per heavy atom. The molecule has 0 saturated carbocycles. The van der Waals surface area contributed by atoms with Gasteiger partial charge in [-0.1, -0.05) is 35.9 Å². The minimum Gasteiger partial charge on any atom is -0.488 e. The van der Waals surface area contributed by atoms with Gasteiger partial charge < -0.3 is 14.8 Å². The molecule has 2 aromatic carbocycles. The Morgan fingerprint density at radius 3 is 2.42 bits per heavy atom. The normalized spacial score (nSPS) is 10.3. The second kappa shape index (κ2) is 6.06. The van der Waals surface area contributed by atoms with Crippen molar-refractivity contribution < 1.29 is 19.2 Å². The van der Waals surface area contributed by atoms with Crippen LogP contribution in [-0.2, 0) is 6.61 Å². The van der Waals surface area contributed by atoms with Crippen LogP contribution >= 0.6 is 11.6 Å². The third-order valence-corrected chi connectivity index (χ3v) is 2.87. The molecule has 6 heteroatoms. The lowest BCUT2D eigenvalue weighted by Gasteiger charge is -2.12. The predicted octanol–water partition coefficient (Wildman–Crippen LogP) is 1.74. The third-order valence-electron chi connectivity index (χ3n) is 2.57. The van der Waals surface area contributed by atoms with Gasteiger partial charge >= 0.3 is 7.12 Å². The molecule has 0 heterocycles. The number of para-hydroxylation sites is 1. The summed E-state index contributed by atoms with van der Waals surface area (Å²) >= 11 is 5.96. The molecular formula is C13H11BClFO3. The summed E-state index contributed by atoms with van der Waals surface area (Å²) in [7, 11) is -1.66. The summed E-state index contributed by atoms with van der Waals surface area (Å²) in [6.45, 7) is 0.156. The maximum absolute atomic E-state index is 12.8. The molecule has 3 nitrogen and oxygen atoms in total. The minimum absolute atomic E-state index is 0.156. The van der Waals surface area contributed by atoms with E-state index in [1.165, 1.54) is 18.2 Å². The molecule has 2 rings (SSSR count). The standard InChI is InChI=1S/C13H11BClFO3/c15-12-3-1-2-11(14(17)18)13(12)19-8-9-4-6-10(16)7-5-9/h1-7,17-18H,8H2. The molecule has 0 unspecified atom stereocenters. The topological polar surface area (TPSA) is 49.7 Å². The van der Waals surface area contributed by atoms with Crippen LogP contribution in [0.5, 0.6) is 5.75 Å². The van der Waals surface area contributed by atoms with Gasteiger partial charge in [0.25, 0.3) is 0 Å². The first kappa shape index (κ1) is 13.9. The lowest BCUT2D eigenvalue weighted by atomic mass is 9.79. The van der Waals surface area contributed by atoms with Crippen molar-refractivity contribution in [3.63, 3.8) is 0 Å². The van der Waals surface area contributed by atoms with Crippen LogP contribution in [0.2, 0.25) is 5.02 Å². The van der Waals surface area contributed by atoms with E-state index in [0.29, 0.717) is 0 Å². The van der Waals surface area contributed by atoms with E-state index in [0.717, 1.165) is 5.56 Å². The number of hydrogen-bond donors (Lipinski definition) is 2. The van der Waals surface area contributed by atoms with E-state index in [1.54, 1.807) is 24.3 Å². The van der Waals surface area contributed by atoms with E-state index in [1.807, 2.05) is 0 Å². The van der Waals surface area contributed by atoms with Crippen LogP contribution in [0.3, 0.4) is 0 Å².